The molecule has 0 aliphatic rings. The van der Waals surface area contributed by atoms with E-state index >= 15 is 0 Å². The highest BCUT2D eigenvalue weighted by Gasteiger charge is 2.15. The number of rotatable bonds is 5. The minimum atomic E-state index is -0.371. The van der Waals surface area contributed by atoms with Crippen molar-refractivity contribution in [2.75, 3.05) is 5.73 Å². The first-order valence-corrected chi connectivity index (χ1v) is 8.09. The highest BCUT2D eigenvalue weighted by atomic mass is 35.5. The lowest BCUT2D eigenvalue weighted by atomic mass is 10.1. The number of nitrogen functional groups attached to an aromatic ring is 1. The van der Waals surface area contributed by atoms with Gasteiger partial charge in [0.15, 0.2) is 5.69 Å². The molecule has 3 aromatic rings. The van der Waals surface area contributed by atoms with E-state index in [1.165, 1.54) is 6.26 Å². The second-order valence-electron chi connectivity index (χ2n) is 5.67. The van der Waals surface area contributed by atoms with Crippen molar-refractivity contribution in [3.05, 3.63) is 53.0 Å². The van der Waals surface area contributed by atoms with Crippen molar-refractivity contribution in [1.29, 1.82) is 5.26 Å². The van der Waals surface area contributed by atoms with Crippen LogP contribution < -0.4 is 11.1 Å². The van der Waals surface area contributed by atoms with Gasteiger partial charge in [0.1, 0.15) is 12.3 Å². The molecule has 0 aliphatic carbocycles. The first-order chi connectivity index (χ1) is 12.5. The Bertz CT molecular complexity index is 987. The predicted molar refractivity (Wildman–Crippen MR) is 95.2 cm³/mol. The molecular weight excluding hydrogens is 356 g/mol. The van der Waals surface area contributed by atoms with E-state index < -0.39 is 0 Å². The number of nitriles is 1. The zero-order chi connectivity index (χ0) is 18.7. The van der Waals surface area contributed by atoms with Gasteiger partial charge in [0.2, 0.25) is 0 Å². The average molecular weight is 371 g/mol. The molecule has 0 fully saturated rings. The van der Waals surface area contributed by atoms with Crippen LogP contribution in [0.25, 0.3) is 11.3 Å². The number of hydrogen-bond acceptors (Lipinski definition) is 6. The summed E-state index contributed by atoms with van der Waals surface area (Å²) in [7, 11) is 0. The molecule has 1 amide bonds. The van der Waals surface area contributed by atoms with Crippen LogP contribution in [0.2, 0.25) is 5.02 Å². The quantitative estimate of drug-likeness (QED) is 0.711. The Morgan fingerprint density at radius 1 is 1.50 bits per heavy atom. The van der Waals surface area contributed by atoms with Crippen LogP contribution in [0.1, 0.15) is 23.0 Å². The van der Waals surface area contributed by atoms with Gasteiger partial charge < -0.3 is 15.5 Å². The lowest BCUT2D eigenvalue weighted by Gasteiger charge is -2.12. The number of carbonyl (C=O) groups is 1. The van der Waals surface area contributed by atoms with Crippen molar-refractivity contribution in [3.8, 4) is 17.3 Å². The summed E-state index contributed by atoms with van der Waals surface area (Å²) in [5.41, 5.74) is 7.43. The first-order valence-electron chi connectivity index (χ1n) is 7.71. The van der Waals surface area contributed by atoms with E-state index in [1.807, 2.05) is 19.1 Å². The molecule has 9 heteroatoms. The third kappa shape index (κ3) is 3.84. The monoisotopic (exact) mass is 370 g/mol. The maximum Gasteiger partial charge on any atom is 0.292 e. The molecule has 0 radical (unpaired) electrons. The molecule has 0 aliphatic heterocycles. The van der Waals surface area contributed by atoms with Crippen LogP contribution >= 0.6 is 11.6 Å². The smallest absolute Gasteiger partial charge is 0.292 e. The van der Waals surface area contributed by atoms with Crippen molar-refractivity contribution in [1.82, 2.24) is 20.1 Å². The molecule has 0 spiro atoms. The molecule has 2 heterocycles. The van der Waals surface area contributed by atoms with Gasteiger partial charge in [0.25, 0.3) is 11.9 Å². The summed E-state index contributed by atoms with van der Waals surface area (Å²) >= 11 is 6.06. The zero-order valence-corrected chi connectivity index (χ0v) is 14.6. The normalized spacial score (nSPS) is 11.7. The maximum absolute atomic E-state index is 12.0. The molecule has 3 rings (SSSR count). The SMILES string of the molecule is CC(Cn1ccc(-c2ccc(C#N)c(Cl)c2)n1)NC(=O)c1coc(N)n1. The Labute approximate surface area is 154 Å². The number of hydrogen-bond donors (Lipinski definition) is 2. The Morgan fingerprint density at radius 2 is 2.31 bits per heavy atom. The largest absolute Gasteiger partial charge is 0.431 e. The summed E-state index contributed by atoms with van der Waals surface area (Å²) in [6, 6.07) is 8.75. The first kappa shape index (κ1) is 17.5. The number of benzene rings is 1. The Balaban J connectivity index is 1.65. The molecule has 0 bridgehead atoms. The van der Waals surface area contributed by atoms with E-state index in [9.17, 15) is 4.79 Å². The molecular formula is C17H15ClN6O2. The maximum atomic E-state index is 12.0. The van der Waals surface area contributed by atoms with Gasteiger partial charge in [-0.05, 0) is 25.1 Å². The number of anilines is 1. The van der Waals surface area contributed by atoms with E-state index in [0.29, 0.717) is 17.1 Å². The number of nitrogens with zero attached hydrogens (tertiary/aromatic N) is 4. The third-order valence-corrected chi connectivity index (χ3v) is 3.93. The highest BCUT2D eigenvalue weighted by Crippen LogP contribution is 2.24. The number of nitrogens with two attached hydrogens (primary N) is 1. The Morgan fingerprint density at radius 3 is 2.96 bits per heavy atom. The summed E-state index contributed by atoms with van der Waals surface area (Å²) in [5.74, 6) is -0.371. The average Bonchev–Trinajstić information content (AvgIpc) is 3.24. The molecule has 1 aromatic carbocycles. The van der Waals surface area contributed by atoms with Gasteiger partial charge in [0.05, 0.1) is 22.8 Å². The second-order valence-corrected chi connectivity index (χ2v) is 6.08. The minimum absolute atomic E-state index is 0.0550. The molecule has 26 heavy (non-hydrogen) atoms. The van der Waals surface area contributed by atoms with Gasteiger partial charge in [-0.25, -0.2) is 0 Å². The number of aromatic nitrogens is 3. The Hall–Kier alpha value is -3.31. The van der Waals surface area contributed by atoms with Gasteiger partial charge in [-0.2, -0.15) is 15.3 Å². The van der Waals surface area contributed by atoms with Gasteiger partial charge in [-0.1, -0.05) is 17.7 Å². The number of amides is 1. The number of nitrogens with one attached hydrogen (secondary N) is 1. The predicted octanol–water partition coefficient (Wildman–Crippen LogP) is 2.46. The summed E-state index contributed by atoms with van der Waals surface area (Å²) in [4.78, 5) is 15.8. The second kappa shape index (κ2) is 7.29. The number of oxazole rings is 1. The lowest BCUT2D eigenvalue weighted by Crippen LogP contribution is -2.36. The van der Waals surface area contributed by atoms with Crippen LogP contribution in [0.5, 0.6) is 0 Å². The van der Waals surface area contributed by atoms with Crippen LogP contribution in [-0.2, 0) is 6.54 Å². The lowest BCUT2D eigenvalue weighted by molar-refractivity contribution is 0.0931. The van der Waals surface area contributed by atoms with Crippen LogP contribution in [0.3, 0.4) is 0 Å². The van der Waals surface area contributed by atoms with Crippen LogP contribution in [0, 0.1) is 11.3 Å². The number of carbonyl (C=O) groups excluding carboxylic acids is 1. The topological polar surface area (TPSA) is 123 Å². The van der Waals surface area contributed by atoms with Crippen molar-refractivity contribution in [3.63, 3.8) is 0 Å². The number of halogens is 1. The summed E-state index contributed by atoms with van der Waals surface area (Å²) in [6.07, 6.45) is 3.01. The molecule has 0 saturated heterocycles. The van der Waals surface area contributed by atoms with Crippen LogP contribution in [0.15, 0.2) is 41.1 Å². The summed E-state index contributed by atoms with van der Waals surface area (Å²) in [6.45, 7) is 2.31. The summed E-state index contributed by atoms with van der Waals surface area (Å²) < 4.78 is 6.53. The van der Waals surface area contributed by atoms with E-state index in [0.717, 1.165) is 11.3 Å². The fourth-order valence-corrected chi connectivity index (χ4v) is 2.62. The van der Waals surface area contributed by atoms with E-state index in [-0.39, 0.29) is 23.7 Å². The molecule has 132 valence electrons. The minimum Gasteiger partial charge on any atom is -0.431 e. The standard InChI is InChI=1S/C17H15ClN6O2/c1-10(21-16(25)15-9-26-17(20)22-15)8-24-5-4-14(23-24)11-2-3-12(7-19)13(18)6-11/h2-6,9-10H,8H2,1H3,(H2,20,22)(H,21,25). The van der Waals surface area contributed by atoms with E-state index in [4.69, 9.17) is 27.0 Å². The summed E-state index contributed by atoms with van der Waals surface area (Å²) in [5, 5.41) is 16.6. The van der Waals surface area contributed by atoms with Crippen molar-refractivity contribution in [2.24, 2.45) is 0 Å². The fraction of sp³-hybridized carbons (Fsp3) is 0.176. The molecule has 1 unspecified atom stereocenters. The van der Waals surface area contributed by atoms with Gasteiger partial charge in [-0.15, -0.1) is 0 Å². The van der Waals surface area contributed by atoms with Crippen molar-refractivity contribution >= 4 is 23.5 Å². The Kier molecular flexibility index (Phi) is 4.91. The van der Waals surface area contributed by atoms with E-state index in [1.54, 1.807) is 29.1 Å². The van der Waals surface area contributed by atoms with E-state index in [2.05, 4.69) is 15.4 Å². The highest BCUT2D eigenvalue weighted by molar-refractivity contribution is 6.32. The molecule has 2 aromatic heterocycles. The molecule has 1 atom stereocenters. The van der Waals surface area contributed by atoms with Gasteiger partial charge in [0, 0.05) is 17.8 Å². The van der Waals surface area contributed by atoms with Crippen LogP contribution in [-0.4, -0.2) is 26.7 Å². The molecule has 8 nitrogen and oxygen atoms in total. The van der Waals surface area contributed by atoms with Gasteiger partial charge >= 0.3 is 0 Å². The third-order valence-electron chi connectivity index (χ3n) is 3.62. The van der Waals surface area contributed by atoms with Crippen LogP contribution in [0.4, 0.5) is 6.01 Å². The zero-order valence-electron chi connectivity index (χ0n) is 13.8. The van der Waals surface area contributed by atoms with Crippen molar-refractivity contribution in [2.45, 2.75) is 19.5 Å². The molecule has 0 saturated carbocycles. The molecule has 3 N–H and O–H groups in total. The fourth-order valence-electron chi connectivity index (χ4n) is 2.40. The van der Waals surface area contributed by atoms with Crippen molar-refractivity contribution < 1.29 is 9.21 Å². The van der Waals surface area contributed by atoms with Gasteiger partial charge in [-0.3, -0.25) is 9.48 Å².